The molecule has 2 heterocycles. The number of aromatic nitrogens is 4. The number of nitrogens with zero attached hydrogens (tertiary/aromatic N) is 4. The normalized spacial score (nSPS) is 10.8. The third-order valence-electron chi connectivity index (χ3n) is 2.32. The summed E-state index contributed by atoms with van der Waals surface area (Å²) in [5.41, 5.74) is 1.74. The summed E-state index contributed by atoms with van der Waals surface area (Å²) in [6.45, 7) is 5.71. The Kier molecular flexibility index (Phi) is 4.42. The highest BCUT2D eigenvalue weighted by molar-refractivity contribution is 8.01. The first-order valence-corrected chi connectivity index (χ1v) is 7.64. The summed E-state index contributed by atoms with van der Waals surface area (Å²) in [6, 6.07) is 0. The van der Waals surface area contributed by atoms with Crippen molar-refractivity contribution in [1.29, 1.82) is 0 Å². The van der Waals surface area contributed by atoms with Gasteiger partial charge in [0.1, 0.15) is 5.69 Å². The Labute approximate surface area is 119 Å². The minimum absolute atomic E-state index is 0.677. The summed E-state index contributed by atoms with van der Waals surface area (Å²) in [4.78, 5) is 0. The van der Waals surface area contributed by atoms with Crippen LogP contribution < -0.4 is 0 Å². The highest BCUT2D eigenvalue weighted by atomic mass is 35.5. The number of aryl methyl sites for hydroxylation is 2. The van der Waals surface area contributed by atoms with Crippen LogP contribution in [0.1, 0.15) is 12.6 Å². The predicted octanol–water partition coefficient (Wildman–Crippen LogP) is 3.43. The minimum Gasteiger partial charge on any atom is -0.264 e. The van der Waals surface area contributed by atoms with Crippen LogP contribution in [0.2, 0.25) is 5.02 Å². The van der Waals surface area contributed by atoms with Gasteiger partial charge in [0.25, 0.3) is 0 Å². The van der Waals surface area contributed by atoms with Crippen molar-refractivity contribution in [2.45, 2.75) is 17.7 Å². The van der Waals surface area contributed by atoms with Gasteiger partial charge in [-0.05, 0) is 6.42 Å². The van der Waals surface area contributed by atoms with E-state index < -0.39 is 0 Å². The van der Waals surface area contributed by atoms with E-state index in [4.69, 9.17) is 11.6 Å². The first kappa shape index (κ1) is 13.6. The van der Waals surface area contributed by atoms with Crippen molar-refractivity contribution in [2.75, 3.05) is 5.75 Å². The third kappa shape index (κ3) is 2.60. The fourth-order valence-corrected chi connectivity index (χ4v) is 3.64. The van der Waals surface area contributed by atoms with Crippen LogP contribution in [0.5, 0.6) is 0 Å². The van der Waals surface area contributed by atoms with Gasteiger partial charge in [0.05, 0.1) is 10.7 Å². The van der Waals surface area contributed by atoms with Crippen molar-refractivity contribution in [3.63, 3.8) is 0 Å². The Balaban J connectivity index is 2.33. The monoisotopic (exact) mass is 300 g/mol. The molecule has 0 spiro atoms. The lowest BCUT2D eigenvalue weighted by atomic mass is 10.3. The molecule has 2 aromatic heterocycles. The number of hydrogen-bond acceptors (Lipinski definition) is 5. The van der Waals surface area contributed by atoms with E-state index in [1.807, 2.05) is 20.0 Å². The topological polar surface area (TPSA) is 43.6 Å². The maximum atomic E-state index is 6.31. The Hall–Kier alpha value is -0.850. The molecule has 2 aromatic rings. The van der Waals surface area contributed by atoms with Crippen LogP contribution in [0, 0.1) is 0 Å². The van der Waals surface area contributed by atoms with Crippen molar-refractivity contribution in [2.24, 2.45) is 7.05 Å². The molecule has 0 atom stereocenters. The minimum atomic E-state index is 0.677. The van der Waals surface area contributed by atoms with Gasteiger partial charge < -0.3 is 0 Å². The molecule has 2 rings (SSSR count). The molecule has 7 heteroatoms. The summed E-state index contributed by atoms with van der Waals surface area (Å²) < 4.78 is 2.68. The molecule has 0 saturated heterocycles. The zero-order chi connectivity index (χ0) is 13.1. The lowest BCUT2D eigenvalue weighted by Gasteiger charge is -1.95. The molecule has 0 amide bonds. The second-order valence-corrected chi connectivity index (χ2v) is 6.18. The average molecular weight is 301 g/mol. The molecule has 96 valence electrons. The van der Waals surface area contributed by atoms with Gasteiger partial charge in [-0.1, -0.05) is 47.7 Å². The molecule has 0 aliphatic rings. The molecule has 0 unspecified atom stereocenters. The quantitative estimate of drug-likeness (QED) is 0.627. The maximum Gasteiger partial charge on any atom is 0.174 e. The number of halogens is 1. The van der Waals surface area contributed by atoms with Gasteiger partial charge in [-0.2, -0.15) is 5.10 Å². The molecule has 0 N–H and O–H groups in total. The fourth-order valence-electron chi connectivity index (χ4n) is 1.51. The Morgan fingerprint density at radius 1 is 1.50 bits per heavy atom. The molecule has 0 radical (unpaired) electrons. The maximum absolute atomic E-state index is 6.31. The zero-order valence-electron chi connectivity index (χ0n) is 10.2. The fraction of sp³-hybridized carbons (Fsp3) is 0.364. The SMILES string of the molecule is C=CCSc1nnc(-c2c(Cl)c(CC)nn2C)s1. The molecule has 0 aliphatic heterocycles. The van der Waals surface area contributed by atoms with Gasteiger partial charge in [-0.3, -0.25) is 4.68 Å². The van der Waals surface area contributed by atoms with Crippen molar-refractivity contribution in [3.05, 3.63) is 23.4 Å². The van der Waals surface area contributed by atoms with Crippen LogP contribution in [0.25, 0.3) is 10.7 Å². The van der Waals surface area contributed by atoms with E-state index >= 15 is 0 Å². The second kappa shape index (κ2) is 5.86. The second-order valence-electron chi connectivity index (χ2n) is 3.56. The predicted molar refractivity (Wildman–Crippen MR) is 77.4 cm³/mol. The summed E-state index contributed by atoms with van der Waals surface area (Å²) in [6.07, 6.45) is 2.65. The molecule has 0 aromatic carbocycles. The van der Waals surface area contributed by atoms with E-state index in [2.05, 4.69) is 21.9 Å². The highest BCUT2D eigenvalue weighted by Gasteiger charge is 2.18. The van der Waals surface area contributed by atoms with Crippen molar-refractivity contribution >= 4 is 34.7 Å². The average Bonchev–Trinajstić information content (AvgIpc) is 2.91. The third-order valence-corrected chi connectivity index (χ3v) is 4.78. The Morgan fingerprint density at radius 3 is 2.89 bits per heavy atom. The van der Waals surface area contributed by atoms with Crippen molar-refractivity contribution in [3.8, 4) is 10.7 Å². The standard InChI is InChI=1S/C11H13ClN4S2/c1-4-6-17-11-14-13-10(18-11)9-8(12)7(5-2)15-16(9)3/h4H,1,5-6H2,2-3H3. The van der Waals surface area contributed by atoms with E-state index in [0.29, 0.717) is 5.02 Å². The van der Waals surface area contributed by atoms with Crippen LogP contribution in [-0.4, -0.2) is 25.7 Å². The Bertz CT molecular complexity index is 561. The lowest BCUT2D eigenvalue weighted by molar-refractivity contribution is 0.751. The first-order chi connectivity index (χ1) is 8.67. The van der Waals surface area contributed by atoms with E-state index in [1.54, 1.807) is 16.4 Å². The van der Waals surface area contributed by atoms with Crippen LogP contribution in [0.4, 0.5) is 0 Å². The van der Waals surface area contributed by atoms with Gasteiger partial charge in [0.2, 0.25) is 0 Å². The number of thioether (sulfide) groups is 1. The molecule has 4 nitrogen and oxygen atoms in total. The first-order valence-electron chi connectivity index (χ1n) is 5.46. The molecule has 18 heavy (non-hydrogen) atoms. The molecule has 0 saturated carbocycles. The van der Waals surface area contributed by atoms with Crippen LogP contribution in [0.3, 0.4) is 0 Å². The lowest BCUT2D eigenvalue weighted by Crippen LogP contribution is -1.94. The summed E-state index contributed by atoms with van der Waals surface area (Å²) >= 11 is 9.45. The van der Waals surface area contributed by atoms with Crippen LogP contribution in [0.15, 0.2) is 17.0 Å². The number of hydrogen-bond donors (Lipinski definition) is 0. The molecular weight excluding hydrogens is 288 g/mol. The highest BCUT2D eigenvalue weighted by Crippen LogP contribution is 2.34. The van der Waals surface area contributed by atoms with Crippen molar-refractivity contribution in [1.82, 2.24) is 20.0 Å². The van der Waals surface area contributed by atoms with E-state index in [1.165, 1.54) is 11.3 Å². The molecule has 0 fully saturated rings. The smallest absolute Gasteiger partial charge is 0.174 e. The van der Waals surface area contributed by atoms with Crippen LogP contribution >= 0.6 is 34.7 Å². The van der Waals surface area contributed by atoms with Gasteiger partial charge in [0, 0.05) is 12.8 Å². The summed E-state index contributed by atoms with van der Waals surface area (Å²) in [5.74, 6) is 0.827. The van der Waals surface area contributed by atoms with E-state index in [0.717, 1.165) is 32.9 Å². The van der Waals surface area contributed by atoms with Gasteiger partial charge in [0.15, 0.2) is 9.35 Å². The molecular formula is C11H13ClN4S2. The van der Waals surface area contributed by atoms with E-state index in [9.17, 15) is 0 Å². The van der Waals surface area contributed by atoms with Gasteiger partial charge in [-0.15, -0.1) is 16.8 Å². The van der Waals surface area contributed by atoms with Gasteiger partial charge >= 0.3 is 0 Å². The molecule has 0 aliphatic carbocycles. The molecule has 0 bridgehead atoms. The van der Waals surface area contributed by atoms with Crippen LogP contribution in [-0.2, 0) is 13.5 Å². The Morgan fingerprint density at radius 2 is 2.28 bits per heavy atom. The largest absolute Gasteiger partial charge is 0.264 e. The summed E-state index contributed by atoms with van der Waals surface area (Å²) in [7, 11) is 1.87. The van der Waals surface area contributed by atoms with E-state index in [-0.39, 0.29) is 0 Å². The summed E-state index contributed by atoms with van der Waals surface area (Å²) in [5, 5.41) is 14.2. The number of rotatable bonds is 5. The zero-order valence-corrected chi connectivity index (χ0v) is 12.6. The van der Waals surface area contributed by atoms with Gasteiger partial charge in [-0.25, -0.2) is 0 Å². The van der Waals surface area contributed by atoms with Crippen molar-refractivity contribution < 1.29 is 0 Å².